The zero-order chi connectivity index (χ0) is 12.1. The minimum absolute atomic E-state index is 0.147. The number of nitro groups is 1. The number of anilines is 1. The van der Waals surface area contributed by atoms with Gasteiger partial charge in [0.15, 0.2) is 5.69 Å². The maximum Gasteiger partial charge on any atom is 0.296 e. The summed E-state index contributed by atoms with van der Waals surface area (Å²) in [4.78, 5) is 21.3. The second-order valence-electron chi connectivity index (χ2n) is 3.23. The summed E-state index contributed by atoms with van der Waals surface area (Å²) in [5.41, 5.74) is -0.463. The van der Waals surface area contributed by atoms with Crippen molar-refractivity contribution in [2.45, 2.75) is 19.8 Å². The van der Waals surface area contributed by atoms with Gasteiger partial charge in [0.1, 0.15) is 5.75 Å². The number of phenols is 1. The van der Waals surface area contributed by atoms with E-state index < -0.39 is 4.92 Å². The molecule has 0 saturated heterocycles. The van der Waals surface area contributed by atoms with Gasteiger partial charge in [-0.25, -0.2) is 0 Å². The number of hydrogen-bond acceptors (Lipinski definition) is 4. The molecule has 1 amide bonds. The molecule has 16 heavy (non-hydrogen) atoms. The first-order valence-electron chi connectivity index (χ1n) is 4.82. The third kappa shape index (κ3) is 2.69. The lowest BCUT2D eigenvalue weighted by atomic mass is 10.2. The highest BCUT2D eigenvalue weighted by molar-refractivity contribution is 5.94. The molecular formula is C10H12N2O4. The molecule has 1 aromatic rings. The molecule has 0 radical (unpaired) electrons. The van der Waals surface area contributed by atoms with Gasteiger partial charge in [-0.3, -0.25) is 14.9 Å². The number of aromatic hydroxyl groups is 1. The van der Waals surface area contributed by atoms with Gasteiger partial charge in [-0.15, -0.1) is 0 Å². The predicted octanol–water partition coefficient (Wildman–Crippen LogP) is 2.04. The smallest absolute Gasteiger partial charge is 0.296 e. The number of rotatable bonds is 4. The van der Waals surface area contributed by atoms with E-state index in [1.54, 1.807) is 0 Å². The van der Waals surface area contributed by atoms with Crippen LogP contribution in [0.4, 0.5) is 11.4 Å². The molecule has 86 valence electrons. The Morgan fingerprint density at radius 2 is 2.25 bits per heavy atom. The second kappa shape index (κ2) is 5.11. The van der Waals surface area contributed by atoms with E-state index in [-0.39, 0.29) is 29.5 Å². The topological polar surface area (TPSA) is 92.5 Å². The zero-order valence-electron chi connectivity index (χ0n) is 8.77. The summed E-state index contributed by atoms with van der Waals surface area (Å²) in [6.07, 6.45) is 0.888. The quantitative estimate of drug-likeness (QED) is 0.465. The van der Waals surface area contributed by atoms with Crippen molar-refractivity contribution in [3.63, 3.8) is 0 Å². The third-order valence-corrected chi connectivity index (χ3v) is 1.96. The molecule has 0 heterocycles. The lowest BCUT2D eigenvalue weighted by molar-refractivity contribution is -0.384. The number of nitrogens with one attached hydrogen (secondary N) is 1. The molecule has 0 atom stereocenters. The van der Waals surface area contributed by atoms with E-state index in [0.717, 1.165) is 0 Å². The SMILES string of the molecule is CCCC(=O)Nc1c(O)cccc1[N+](=O)[O-]. The van der Waals surface area contributed by atoms with Crippen LogP contribution in [-0.2, 0) is 4.79 Å². The Labute approximate surface area is 92.0 Å². The summed E-state index contributed by atoms with van der Waals surface area (Å²) in [7, 11) is 0. The molecule has 0 aromatic heterocycles. The minimum atomic E-state index is -0.652. The largest absolute Gasteiger partial charge is 0.505 e. The molecule has 0 unspecified atom stereocenters. The first kappa shape index (κ1) is 12.0. The van der Waals surface area contributed by atoms with Crippen molar-refractivity contribution >= 4 is 17.3 Å². The molecule has 6 heteroatoms. The van der Waals surface area contributed by atoms with Crippen molar-refractivity contribution < 1.29 is 14.8 Å². The highest BCUT2D eigenvalue weighted by Crippen LogP contribution is 2.33. The van der Waals surface area contributed by atoms with Crippen molar-refractivity contribution in [1.82, 2.24) is 0 Å². The second-order valence-corrected chi connectivity index (χ2v) is 3.23. The number of benzene rings is 1. The standard InChI is InChI=1S/C10H12N2O4/c1-2-4-9(14)11-10-7(12(15)16)5-3-6-8(10)13/h3,5-6,13H,2,4H2,1H3,(H,11,14). The number of phenolic OH excluding ortho intramolecular Hbond substituents is 1. The van der Waals surface area contributed by atoms with Crippen LogP contribution in [0.25, 0.3) is 0 Å². The molecule has 0 fully saturated rings. The highest BCUT2D eigenvalue weighted by atomic mass is 16.6. The van der Waals surface area contributed by atoms with E-state index in [0.29, 0.717) is 6.42 Å². The number of nitrogens with zero attached hydrogens (tertiary/aromatic N) is 1. The molecule has 0 aliphatic heterocycles. The number of carbonyl (C=O) groups excluding carboxylic acids is 1. The van der Waals surface area contributed by atoms with Crippen LogP contribution in [0.5, 0.6) is 5.75 Å². The van der Waals surface area contributed by atoms with Crippen molar-refractivity contribution in [3.8, 4) is 5.75 Å². The number of carbonyl (C=O) groups is 1. The third-order valence-electron chi connectivity index (χ3n) is 1.96. The minimum Gasteiger partial charge on any atom is -0.505 e. The monoisotopic (exact) mass is 224 g/mol. The molecule has 1 aromatic carbocycles. The molecule has 0 aliphatic carbocycles. The van der Waals surface area contributed by atoms with Gasteiger partial charge in [-0.2, -0.15) is 0 Å². The number of hydrogen-bond donors (Lipinski definition) is 2. The molecule has 0 spiro atoms. The molecule has 0 saturated carbocycles. The van der Waals surface area contributed by atoms with E-state index >= 15 is 0 Å². The lowest BCUT2D eigenvalue weighted by Gasteiger charge is -2.06. The van der Waals surface area contributed by atoms with Gasteiger partial charge in [-0.05, 0) is 12.5 Å². The summed E-state index contributed by atoms with van der Waals surface area (Å²) >= 11 is 0. The Morgan fingerprint density at radius 1 is 1.56 bits per heavy atom. The Bertz CT molecular complexity index is 417. The van der Waals surface area contributed by atoms with E-state index in [1.807, 2.05) is 6.92 Å². The van der Waals surface area contributed by atoms with E-state index in [4.69, 9.17) is 0 Å². The Morgan fingerprint density at radius 3 is 2.81 bits per heavy atom. The molecular weight excluding hydrogens is 212 g/mol. The van der Waals surface area contributed by atoms with E-state index in [2.05, 4.69) is 5.32 Å². The molecule has 1 rings (SSSR count). The van der Waals surface area contributed by atoms with Crippen LogP contribution >= 0.6 is 0 Å². The molecule has 0 bridgehead atoms. The van der Waals surface area contributed by atoms with Crippen molar-refractivity contribution in [2.24, 2.45) is 0 Å². The fourth-order valence-corrected chi connectivity index (χ4v) is 1.24. The van der Waals surface area contributed by atoms with E-state index in [9.17, 15) is 20.0 Å². The predicted molar refractivity (Wildman–Crippen MR) is 58.3 cm³/mol. The Kier molecular flexibility index (Phi) is 3.82. The Balaban J connectivity index is 3.01. The zero-order valence-corrected chi connectivity index (χ0v) is 8.77. The van der Waals surface area contributed by atoms with Crippen LogP contribution < -0.4 is 5.32 Å². The first-order chi connectivity index (χ1) is 7.56. The Hall–Kier alpha value is -2.11. The number of amides is 1. The van der Waals surface area contributed by atoms with Gasteiger partial charge in [0.25, 0.3) is 5.69 Å². The van der Waals surface area contributed by atoms with Gasteiger partial charge in [-0.1, -0.05) is 13.0 Å². The van der Waals surface area contributed by atoms with Crippen LogP contribution in [0.1, 0.15) is 19.8 Å². The molecule has 6 nitrogen and oxygen atoms in total. The van der Waals surface area contributed by atoms with Crippen LogP contribution in [0.3, 0.4) is 0 Å². The normalized spacial score (nSPS) is 9.81. The average molecular weight is 224 g/mol. The summed E-state index contributed by atoms with van der Waals surface area (Å²) in [5.74, 6) is -0.661. The first-order valence-corrected chi connectivity index (χ1v) is 4.82. The van der Waals surface area contributed by atoms with Crippen LogP contribution in [0.2, 0.25) is 0 Å². The summed E-state index contributed by atoms with van der Waals surface area (Å²) in [6.45, 7) is 1.82. The summed E-state index contributed by atoms with van der Waals surface area (Å²) in [6, 6.07) is 3.86. The fraction of sp³-hybridized carbons (Fsp3) is 0.300. The average Bonchev–Trinajstić information content (AvgIpc) is 2.21. The van der Waals surface area contributed by atoms with Gasteiger partial charge < -0.3 is 10.4 Å². The van der Waals surface area contributed by atoms with Crippen LogP contribution in [0, 0.1) is 10.1 Å². The van der Waals surface area contributed by atoms with Crippen molar-refractivity contribution in [3.05, 3.63) is 28.3 Å². The maximum atomic E-state index is 11.3. The highest BCUT2D eigenvalue weighted by Gasteiger charge is 2.18. The van der Waals surface area contributed by atoms with Gasteiger partial charge in [0, 0.05) is 12.5 Å². The van der Waals surface area contributed by atoms with Gasteiger partial charge in [0.05, 0.1) is 4.92 Å². The van der Waals surface area contributed by atoms with Crippen molar-refractivity contribution in [1.29, 1.82) is 0 Å². The van der Waals surface area contributed by atoms with Gasteiger partial charge in [0.2, 0.25) is 5.91 Å². The van der Waals surface area contributed by atoms with Crippen LogP contribution in [-0.4, -0.2) is 15.9 Å². The fourth-order valence-electron chi connectivity index (χ4n) is 1.24. The summed E-state index contributed by atoms with van der Waals surface area (Å²) in [5, 5.41) is 22.4. The number of nitro benzene ring substituents is 1. The molecule has 0 aliphatic rings. The van der Waals surface area contributed by atoms with Crippen molar-refractivity contribution in [2.75, 3.05) is 5.32 Å². The van der Waals surface area contributed by atoms with Crippen LogP contribution in [0.15, 0.2) is 18.2 Å². The maximum absolute atomic E-state index is 11.3. The lowest BCUT2D eigenvalue weighted by Crippen LogP contribution is -2.12. The molecule has 2 N–H and O–H groups in total. The van der Waals surface area contributed by atoms with E-state index in [1.165, 1.54) is 18.2 Å². The summed E-state index contributed by atoms with van der Waals surface area (Å²) < 4.78 is 0. The number of para-hydroxylation sites is 1. The van der Waals surface area contributed by atoms with Gasteiger partial charge >= 0.3 is 0 Å².